The van der Waals surface area contributed by atoms with Crippen molar-refractivity contribution in [3.8, 4) is 0 Å². The fourth-order valence-corrected chi connectivity index (χ4v) is 6.38. The summed E-state index contributed by atoms with van der Waals surface area (Å²) in [5.74, 6) is 3.11. The predicted molar refractivity (Wildman–Crippen MR) is 194 cm³/mol. The van der Waals surface area contributed by atoms with E-state index in [0.29, 0.717) is 0 Å². The third-order valence-corrected chi connectivity index (χ3v) is 9.05. The predicted octanol–water partition coefficient (Wildman–Crippen LogP) is 12.8. The Balaban J connectivity index is 2.89. The molecule has 0 fully saturated rings. The van der Waals surface area contributed by atoms with Crippen LogP contribution in [0.4, 0.5) is 0 Å². The van der Waals surface area contributed by atoms with E-state index in [-0.39, 0.29) is 0 Å². The monoisotopic (exact) mass is 597 g/mol. The van der Waals surface area contributed by atoms with Gasteiger partial charge in [-0.25, -0.2) is 0 Å². The Morgan fingerprint density at radius 2 is 0.977 bits per heavy atom. The van der Waals surface area contributed by atoms with Crippen LogP contribution in [0.1, 0.15) is 178 Å². The van der Waals surface area contributed by atoms with Crippen molar-refractivity contribution in [2.75, 3.05) is 0 Å². The summed E-state index contributed by atoms with van der Waals surface area (Å²) >= 11 is 0. The van der Waals surface area contributed by atoms with Crippen molar-refractivity contribution in [3.63, 3.8) is 0 Å². The molecule has 0 aliphatic heterocycles. The van der Waals surface area contributed by atoms with Gasteiger partial charge in [-0.15, -0.1) is 4.79 Å². The van der Waals surface area contributed by atoms with E-state index in [9.17, 15) is 5.53 Å². The van der Waals surface area contributed by atoms with E-state index in [1.807, 2.05) is 0 Å². The van der Waals surface area contributed by atoms with Crippen LogP contribution in [0.5, 0.6) is 0 Å². The van der Waals surface area contributed by atoms with E-state index in [4.69, 9.17) is 0 Å². The number of hydrogen-bond acceptors (Lipinski definition) is 0. The van der Waals surface area contributed by atoms with Crippen molar-refractivity contribution in [2.45, 2.75) is 170 Å². The molecule has 0 amide bonds. The Morgan fingerprint density at radius 1 is 0.523 bits per heavy atom. The molecule has 0 heterocycles. The topological polar surface area (TPSA) is 36.4 Å². The molecule has 2 nitrogen and oxygen atoms in total. The third kappa shape index (κ3) is 13.1. The minimum atomic E-state index is 0.892. The van der Waals surface area contributed by atoms with Gasteiger partial charge in [0.2, 0.25) is 0 Å². The van der Waals surface area contributed by atoms with Gasteiger partial charge in [0.25, 0.3) is 0 Å². The minimum absolute atomic E-state index is 0.892. The van der Waals surface area contributed by atoms with Crippen LogP contribution in [0, 0.1) is 0 Å². The zero-order valence-electron chi connectivity index (χ0n) is 29.5. The maximum atomic E-state index is 9.84. The van der Waals surface area contributed by atoms with Gasteiger partial charge in [0.1, 0.15) is 0 Å². The second kappa shape index (κ2) is 22.8. The lowest BCUT2D eigenvalue weighted by atomic mass is 9.82. The molecule has 0 bridgehead atoms. The van der Waals surface area contributed by atoms with Gasteiger partial charge in [0.15, 0.2) is 0 Å². The largest absolute Gasteiger partial charge is 0.348 e. The van der Waals surface area contributed by atoms with E-state index >= 15 is 0 Å². The number of hydrogen-bond donors (Lipinski definition) is 0. The Morgan fingerprint density at radius 3 is 1.48 bits per heavy atom. The molecule has 0 spiro atoms. The number of benzene rings is 2. The van der Waals surface area contributed by atoms with Gasteiger partial charge in [-0.3, -0.25) is 0 Å². The molecule has 0 aliphatic carbocycles. The van der Waals surface area contributed by atoms with Crippen LogP contribution in [0.25, 0.3) is 11.1 Å². The molecule has 0 saturated carbocycles. The van der Waals surface area contributed by atoms with Gasteiger partial charge in [-0.2, -0.15) is 0 Å². The van der Waals surface area contributed by atoms with Gasteiger partial charge in [0, 0.05) is 0 Å². The second-order valence-electron chi connectivity index (χ2n) is 12.9. The first kappa shape index (κ1) is 37.5. The van der Waals surface area contributed by atoms with Crippen molar-refractivity contribution in [2.24, 2.45) is 0 Å². The number of unbranched alkanes of at least 4 members (excludes halogenated alkanes) is 10. The van der Waals surface area contributed by atoms with Crippen LogP contribution in [0.2, 0.25) is 0 Å². The molecule has 0 unspecified atom stereocenters. The third-order valence-electron chi connectivity index (χ3n) is 9.05. The molecule has 44 heavy (non-hydrogen) atoms. The molecule has 0 N–H and O–H groups in total. The van der Waals surface area contributed by atoms with Crippen molar-refractivity contribution in [3.05, 3.63) is 86.5 Å². The minimum Gasteiger partial charge on any atom is -0.348 e. The molecule has 242 valence electrons. The standard InChI is InChI=1S/C42H64N2/c1-7-13-17-18-19-22-26-41(38(33-44-43)25-16-10-4)42(39-29-34(11-5)27-35(12-6)30-39)40-31-36(23-20-14-8-2)28-37(32-40)24-21-15-9-3/h27-32H,7-26H2,1-6H3. The smallest absolute Gasteiger partial charge is 0.303 e. The Bertz CT molecular complexity index is 1170. The summed E-state index contributed by atoms with van der Waals surface area (Å²) in [6.07, 6.45) is 23.5. The fraction of sp³-hybridized carbons (Fsp3) is 0.619. The van der Waals surface area contributed by atoms with Crippen molar-refractivity contribution in [1.29, 1.82) is 0 Å². The Kier molecular flexibility index (Phi) is 19.4. The zero-order valence-corrected chi connectivity index (χ0v) is 29.5. The van der Waals surface area contributed by atoms with E-state index in [0.717, 1.165) is 63.4 Å². The lowest BCUT2D eigenvalue weighted by Crippen LogP contribution is -2.04. The van der Waals surface area contributed by atoms with Gasteiger partial charge in [-0.1, -0.05) is 142 Å². The molecule has 2 aromatic carbocycles. The van der Waals surface area contributed by atoms with Crippen LogP contribution in [0.15, 0.2) is 47.5 Å². The molecule has 0 atom stereocenters. The lowest BCUT2D eigenvalue weighted by molar-refractivity contribution is 0.00739. The first-order chi connectivity index (χ1) is 21.5. The second-order valence-corrected chi connectivity index (χ2v) is 12.9. The molecule has 2 rings (SSSR count). The van der Waals surface area contributed by atoms with E-state index in [2.05, 4.69) is 88.6 Å². The van der Waals surface area contributed by atoms with Crippen LogP contribution < -0.4 is 0 Å². The number of allylic oxidation sites excluding steroid dienone is 2. The summed E-state index contributed by atoms with van der Waals surface area (Å²) in [5.41, 5.74) is 22.0. The highest BCUT2D eigenvalue weighted by atomic mass is 14.8. The number of rotatable bonds is 23. The van der Waals surface area contributed by atoms with Crippen LogP contribution in [0.3, 0.4) is 0 Å². The van der Waals surface area contributed by atoms with Crippen LogP contribution >= 0.6 is 0 Å². The molecule has 0 aliphatic rings. The molecule has 0 aromatic heterocycles. The van der Waals surface area contributed by atoms with Gasteiger partial charge in [0.05, 0.1) is 5.57 Å². The normalized spacial score (nSPS) is 11.7. The maximum Gasteiger partial charge on any atom is 0.303 e. The molecule has 2 aromatic rings. The highest BCUT2D eigenvalue weighted by Crippen LogP contribution is 2.37. The summed E-state index contributed by atoms with van der Waals surface area (Å²) in [6, 6.07) is 14.7. The van der Waals surface area contributed by atoms with E-state index < -0.39 is 0 Å². The molecule has 0 saturated heterocycles. The number of nitrogens with zero attached hydrogens (tertiary/aromatic N) is 2. The SMILES string of the molecule is CCCCCCCCC(C(=C=[N+]=[N-])CCCC)=C(c1cc(CC)cc(CC)c1)c1cc(CCCCC)cc(CCCCC)c1. The van der Waals surface area contributed by atoms with Crippen LogP contribution in [-0.2, 0) is 25.7 Å². The molecular weight excluding hydrogens is 532 g/mol. The first-order valence-electron chi connectivity index (χ1n) is 18.5. The molecule has 2 heteroatoms. The lowest BCUT2D eigenvalue weighted by Gasteiger charge is -2.21. The summed E-state index contributed by atoms with van der Waals surface area (Å²) < 4.78 is 0. The Hall–Kier alpha value is -2.66. The molecular formula is C42H64N2. The van der Waals surface area contributed by atoms with Gasteiger partial charge >= 0.3 is 5.87 Å². The quantitative estimate of drug-likeness (QED) is 0.0402. The highest BCUT2D eigenvalue weighted by molar-refractivity contribution is 5.87. The number of aryl methyl sites for hydroxylation is 4. The van der Waals surface area contributed by atoms with Crippen LogP contribution in [-0.4, -0.2) is 10.7 Å². The van der Waals surface area contributed by atoms with Crippen molar-refractivity contribution >= 4 is 11.4 Å². The van der Waals surface area contributed by atoms with Crippen molar-refractivity contribution in [1.82, 2.24) is 0 Å². The van der Waals surface area contributed by atoms with Crippen molar-refractivity contribution < 1.29 is 4.79 Å². The average molecular weight is 597 g/mol. The zero-order chi connectivity index (χ0) is 32.0. The van der Waals surface area contributed by atoms with E-state index in [1.165, 1.54) is 115 Å². The summed E-state index contributed by atoms with van der Waals surface area (Å²) in [5, 5.41) is 0. The Labute approximate surface area is 272 Å². The maximum absolute atomic E-state index is 9.84. The first-order valence-corrected chi connectivity index (χ1v) is 18.5. The fourth-order valence-electron chi connectivity index (χ4n) is 6.38. The van der Waals surface area contributed by atoms with Gasteiger partial charge < -0.3 is 5.53 Å². The van der Waals surface area contributed by atoms with Gasteiger partial charge in [-0.05, 0) is 109 Å². The van der Waals surface area contributed by atoms with E-state index in [1.54, 1.807) is 0 Å². The summed E-state index contributed by atoms with van der Waals surface area (Å²) in [4.78, 5) is 3.53. The summed E-state index contributed by atoms with van der Waals surface area (Å²) in [7, 11) is 0. The summed E-state index contributed by atoms with van der Waals surface area (Å²) in [6.45, 7) is 13.6. The average Bonchev–Trinajstić information content (AvgIpc) is 3.04. The highest BCUT2D eigenvalue weighted by Gasteiger charge is 2.20. The molecule has 0 radical (unpaired) electrons.